The molecule has 0 aliphatic carbocycles. The molecule has 1 rings (SSSR count). The summed E-state index contributed by atoms with van der Waals surface area (Å²) in [6.45, 7) is 1.61. The van der Waals surface area contributed by atoms with Crippen molar-refractivity contribution in [2.45, 2.75) is 13.0 Å². The van der Waals surface area contributed by atoms with Crippen LogP contribution in [0.5, 0.6) is 5.75 Å². The van der Waals surface area contributed by atoms with Crippen LogP contribution in [0.1, 0.15) is 22.8 Å². The molecule has 0 saturated carbocycles. The molecule has 0 fully saturated rings. The SMILES string of the molecule is COc1ccc(C(=O)C(C)N)cc1C#N. The summed E-state index contributed by atoms with van der Waals surface area (Å²) in [5.74, 6) is 0.271. The minimum Gasteiger partial charge on any atom is -0.495 e. The van der Waals surface area contributed by atoms with Crippen LogP contribution in [0.3, 0.4) is 0 Å². The van der Waals surface area contributed by atoms with E-state index in [1.54, 1.807) is 19.1 Å². The maximum absolute atomic E-state index is 11.5. The summed E-state index contributed by atoms with van der Waals surface area (Å²) in [7, 11) is 1.48. The fourth-order valence-corrected chi connectivity index (χ4v) is 1.21. The first-order valence-electron chi connectivity index (χ1n) is 4.48. The molecule has 1 aromatic carbocycles. The monoisotopic (exact) mass is 204 g/mol. The number of hydrogen-bond donors (Lipinski definition) is 1. The number of Topliss-reactive ketones (excluding diaryl/α,β-unsaturated/α-hetero) is 1. The van der Waals surface area contributed by atoms with E-state index in [1.165, 1.54) is 13.2 Å². The summed E-state index contributed by atoms with van der Waals surface area (Å²) < 4.78 is 4.97. The van der Waals surface area contributed by atoms with Crippen LogP contribution in [0, 0.1) is 11.3 Å². The smallest absolute Gasteiger partial charge is 0.179 e. The maximum Gasteiger partial charge on any atom is 0.179 e. The van der Waals surface area contributed by atoms with E-state index < -0.39 is 6.04 Å². The van der Waals surface area contributed by atoms with Crippen molar-refractivity contribution in [1.82, 2.24) is 0 Å². The summed E-state index contributed by atoms with van der Waals surface area (Å²) in [5.41, 5.74) is 6.24. The highest BCUT2D eigenvalue weighted by Gasteiger charge is 2.13. The predicted molar refractivity (Wildman–Crippen MR) is 55.7 cm³/mol. The van der Waals surface area contributed by atoms with E-state index in [0.717, 1.165) is 0 Å². The molecule has 0 amide bonds. The van der Waals surface area contributed by atoms with Gasteiger partial charge < -0.3 is 10.5 Å². The lowest BCUT2D eigenvalue weighted by molar-refractivity contribution is 0.0968. The molecule has 0 aliphatic rings. The third-order valence-corrected chi connectivity index (χ3v) is 2.02. The van der Waals surface area contributed by atoms with Gasteiger partial charge in [0.05, 0.1) is 18.7 Å². The van der Waals surface area contributed by atoms with Crippen LogP contribution in [0.4, 0.5) is 0 Å². The molecule has 0 bridgehead atoms. The van der Waals surface area contributed by atoms with Gasteiger partial charge in [-0.25, -0.2) is 0 Å². The molecule has 0 aliphatic heterocycles. The van der Waals surface area contributed by atoms with E-state index in [0.29, 0.717) is 16.9 Å². The first kappa shape index (κ1) is 11.2. The molecular formula is C11H12N2O2. The predicted octanol–water partition coefficient (Wildman–Crippen LogP) is 1.10. The van der Waals surface area contributed by atoms with Crippen LogP contribution in [-0.4, -0.2) is 18.9 Å². The van der Waals surface area contributed by atoms with Crippen molar-refractivity contribution in [2.75, 3.05) is 7.11 Å². The fourth-order valence-electron chi connectivity index (χ4n) is 1.21. The third-order valence-electron chi connectivity index (χ3n) is 2.02. The largest absolute Gasteiger partial charge is 0.495 e. The molecule has 0 spiro atoms. The molecule has 1 aromatic rings. The molecule has 78 valence electrons. The van der Waals surface area contributed by atoms with Gasteiger partial charge in [-0.05, 0) is 25.1 Å². The summed E-state index contributed by atoms with van der Waals surface area (Å²) in [5, 5.41) is 8.82. The summed E-state index contributed by atoms with van der Waals surface area (Å²) in [4.78, 5) is 11.5. The lowest BCUT2D eigenvalue weighted by Gasteiger charge is -2.07. The third kappa shape index (κ3) is 2.33. The fraction of sp³-hybridized carbons (Fsp3) is 0.273. The van der Waals surface area contributed by atoms with Crippen molar-refractivity contribution in [3.63, 3.8) is 0 Å². The lowest BCUT2D eigenvalue weighted by atomic mass is 10.0. The van der Waals surface area contributed by atoms with Gasteiger partial charge in [0.15, 0.2) is 5.78 Å². The minimum absolute atomic E-state index is 0.186. The number of ether oxygens (including phenoxy) is 1. The molecule has 0 aromatic heterocycles. The standard InChI is InChI=1S/C11H12N2O2/c1-7(13)11(14)8-3-4-10(15-2)9(5-8)6-12/h3-5,7H,13H2,1-2H3. The number of hydrogen-bond acceptors (Lipinski definition) is 4. The average molecular weight is 204 g/mol. The van der Waals surface area contributed by atoms with Crippen molar-refractivity contribution in [3.05, 3.63) is 29.3 Å². The van der Waals surface area contributed by atoms with Gasteiger partial charge in [0.25, 0.3) is 0 Å². The Kier molecular flexibility index (Phi) is 3.42. The van der Waals surface area contributed by atoms with Gasteiger partial charge in [-0.3, -0.25) is 4.79 Å². The first-order valence-corrected chi connectivity index (χ1v) is 4.48. The lowest BCUT2D eigenvalue weighted by Crippen LogP contribution is -2.26. The van der Waals surface area contributed by atoms with Crippen LogP contribution in [0.2, 0.25) is 0 Å². The van der Waals surface area contributed by atoms with E-state index in [2.05, 4.69) is 0 Å². The number of carbonyl (C=O) groups is 1. The van der Waals surface area contributed by atoms with Crippen LogP contribution in [-0.2, 0) is 0 Å². The molecular weight excluding hydrogens is 192 g/mol. The number of nitrogens with two attached hydrogens (primary N) is 1. The number of nitriles is 1. The number of methoxy groups -OCH3 is 1. The van der Waals surface area contributed by atoms with Crippen molar-refractivity contribution < 1.29 is 9.53 Å². The van der Waals surface area contributed by atoms with Crippen molar-refractivity contribution in [3.8, 4) is 11.8 Å². The molecule has 15 heavy (non-hydrogen) atoms. The highest BCUT2D eigenvalue weighted by atomic mass is 16.5. The Balaban J connectivity index is 3.15. The minimum atomic E-state index is -0.565. The first-order chi connectivity index (χ1) is 7.10. The number of rotatable bonds is 3. The molecule has 1 unspecified atom stereocenters. The van der Waals surface area contributed by atoms with Crippen LogP contribution >= 0.6 is 0 Å². The normalized spacial score (nSPS) is 11.6. The van der Waals surface area contributed by atoms with Crippen LogP contribution in [0.15, 0.2) is 18.2 Å². The topological polar surface area (TPSA) is 76.1 Å². The molecule has 0 radical (unpaired) electrons. The van der Waals surface area contributed by atoms with E-state index in [1.807, 2.05) is 6.07 Å². The zero-order chi connectivity index (χ0) is 11.4. The van der Waals surface area contributed by atoms with E-state index in [9.17, 15) is 4.79 Å². The van der Waals surface area contributed by atoms with Gasteiger partial charge in [0.1, 0.15) is 11.8 Å². The van der Waals surface area contributed by atoms with Crippen LogP contribution in [0.25, 0.3) is 0 Å². The second-order valence-corrected chi connectivity index (χ2v) is 3.18. The number of nitrogens with zero attached hydrogens (tertiary/aromatic N) is 1. The van der Waals surface area contributed by atoms with E-state index in [-0.39, 0.29) is 5.78 Å². The van der Waals surface area contributed by atoms with Gasteiger partial charge >= 0.3 is 0 Å². The highest BCUT2D eigenvalue weighted by Crippen LogP contribution is 2.19. The molecule has 1 atom stereocenters. The second kappa shape index (κ2) is 4.58. The van der Waals surface area contributed by atoms with Gasteiger partial charge in [-0.15, -0.1) is 0 Å². The van der Waals surface area contributed by atoms with Gasteiger partial charge in [-0.2, -0.15) is 5.26 Å². The van der Waals surface area contributed by atoms with E-state index >= 15 is 0 Å². The zero-order valence-electron chi connectivity index (χ0n) is 8.65. The quantitative estimate of drug-likeness (QED) is 0.748. The highest BCUT2D eigenvalue weighted by molar-refractivity contribution is 6.00. The Morgan fingerprint density at radius 2 is 2.27 bits per heavy atom. The Hall–Kier alpha value is -1.86. The van der Waals surface area contributed by atoms with Crippen LogP contribution < -0.4 is 10.5 Å². The van der Waals surface area contributed by atoms with Gasteiger partial charge in [0.2, 0.25) is 0 Å². The summed E-state index contributed by atoms with van der Waals surface area (Å²) in [6, 6.07) is 6.08. The average Bonchev–Trinajstić information content (AvgIpc) is 2.26. The Morgan fingerprint density at radius 3 is 2.73 bits per heavy atom. The Labute approximate surface area is 88.3 Å². The van der Waals surface area contributed by atoms with Gasteiger partial charge in [-0.1, -0.05) is 0 Å². The molecule has 4 heteroatoms. The van der Waals surface area contributed by atoms with Crippen molar-refractivity contribution in [1.29, 1.82) is 5.26 Å². The van der Waals surface area contributed by atoms with E-state index in [4.69, 9.17) is 15.7 Å². The Bertz CT molecular complexity index is 419. The van der Waals surface area contributed by atoms with Crippen molar-refractivity contribution >= 4 is 5.78 Å². The molecule has 0 saturated heterocycles. The number of ketones is 1. The second-order valence-electron chi connectivity index (χ2n) is 3.18. The zero-order valence-corrected chi connectivity index (χ0v) is 8.65. The number of carbonyl (C=O) groups excluding carboxylic acids is 1. The Morgan fingerprint density at radius 1 is 1.60 bits per heavy atom. The summed E-state index contributed by atoms with van der Waals surface area (Å²) >= 11 is 0. The van der Waals surface area contributed by atoms with Gasteiger partial charge in [0, 0.05) is 5.56 Å². The maximum atomic E-state index is 11.5. The van der Waals surface area contributed by atoms with Crippen molar-refractivity contribution in [2.24, 2.45) is 5.73 Å². The molecule has 0 heterocycles. The number of benzene rings is 1. The summed E-state index contributed by atoms with van der Waals surface area (Å²) in [6.07, 6.45) is 0. The molecule has 4 nitrogen and oxygen atoms in total. The molecule has 2 N–H and O–H groups in total.